The van der Waals surface area contributed by atoms with Crippen molar-refractivity contribution in [1.82, 2.24) is 9.97 Å². The van der Waals surface area contributed by atoms with E-state index in [1.165, 1.54) is 0 Å². The molecule has 4 rings (SSSR count). The van der Waals surface area contributed by atoms with E-state index in [1.54, 1.807) is 24.8 Å². The van der Waals surface area contributed by atoms with Crippen LogP contribution in [0.15, 0.2) is 54.2 Å². The van der Waals surface area contributed by atoms with Gasteiger partial charge in [-0.15, -0.1) is 11.3 Å². The molecule has 2 aromatic carbocycles. The van der Waals surface area contributed by atoms with Gasteiger partial charge in [0, 0.05) is 22.0 Å². The minimum absolute atomic E-state index is 0.667. The lowest BCUT2D eigenvalue weighted by Gasteiger charge is -2.13. The van der Waals surface area contributed by atoms with Crippen LogP contribution in [0.25, 0.3) is 21.3 Å². The normalized spacial score (nSPS) is 10.9. The standard InChI is InChI=1S/C20H16ClN3OS/c1-12-8-16(17(25-2)9-15(12)21)24-19-18-14(13-6-4-3-5-7-13)10-26-20(18)23-11-22-19/h3-11H,1-2H3,(H,22,23,24). The summed E-state index contributed by atoms with van der Waals surface area (Å²) < 4.78 is 5.47. The molecule has 0 aliphatic carbocycles. The molecule has 0 spiro atoms. The molecule has 26 heavy (non-hydrogen) atoms. The lowest BCUT2D eigenvalue weighted by atomic mass is 10.1. The van der Waals surface area contributed by atoms with E-state index in [2.05, 4.69) is 32.8 Å². The van der Waals surface area contributed by atoms with E-state index >= 15 is 0 Å². The Hall–Kier alpha value is -2.63. The largest absolute Gasteiger partial charge is 0.495 e. The minimum Gasteiger partial charge on any atom is -0.495 e. The van der Waals surface area contributed by atoms with Gasteiger partial charge >= 0.3 is 0 Å². The van der Waals surface area contributed by atoms with Crippen LogP contribution in [0.2, 0.25) is 5.02 Å². The van der Waals surface area contributed by atoms with Crippen LogP contribution in [-0.4, -0.2) is 17.1 Å². The SMILES string of the molecule is COc1cc(Cl)c(C)cc1Nc1ncnc2scc(-c3ccccc3)c12. The zero-order valence-corrected chi connectivity index (χ0v) is 15.9. The van der Waals surface area contributed by atoms with Gasteiger partial charge in [-0.3, -0.25) is 0 Å². The van der Waals surface area contributed by atoms with Gasteiger partial charge in [0.25, 0.3) is 0 Å². The van der Waals surface area contributed by atoms with E-state index < -0.39 is 0 Å². The highest BCUT2D eigenvalue weighted by Gasteiger charge is 2.15. The third-order valence-electron chi connectivity index (χ3n) is 4.19. The van der Waals surface area contributed by atoms with Crippen LogP contribution in [0.1, 0.15) is 5.56 Å². The second-order valence-electron chi connectivity index (χ2n) is 5.84. The summed E-state index contributed by atoms with van der Waals surface area (Å²) in [6.45, 7) is 1.96. The molecule has 0 saturated carbocycles. The van der Waals surface area contributed by atoms with E-state index in [4.69, 9.17) is 16.3 Å². The Morgan fingerprint density at radius 2 is 1.92 bits per heavy atom. The summed E-state index contributed by atoms with van der Waals surface area (Å²) in [5.74, 6) is 1.42. The average molecular weight is 382 g/mol. The molecule has 130 valence electrons. The number of ether oxygens (including phenoxy) is 1. The van der Waals surface area contributed by atoms with Gasteiger partial charge in [-0.05, 0) is 24.1 Å². The highest BCUT2D eigenvalue weighted by Crippen LogP contribution is 2.39. The van der Waals surface area contributed by atoms with E-state index in [9.17, 15) is 0 Å². The summed E-state index contributed by atoms with van der Waals surface area (Å²) in [6, 6.07) is 14.0. The fourth-order valence-corrected chi connectivity index (χ4v) is 3.93. The molecule has 4 nitrogen and oxygen atoms in total. The maximum absolute atomic E-state index is 6.22. The molecule has 0 bridgehead atoms. The monoisotopic (exact) mass is 381 g/mol. The molecule has 0 aliphatic heterocycles. The Bertz CT molecular complexity index is 1080. The Kier molecular flexibility index (Phi) is 4.49. The van der Waals surface area contributed by atoms with Crippen molar-refractivity contribution in [3.8, 4) is 16.9 Å². The van der Waals surface area contributed by atoms with Crippen molar-refractivity contribution >= 4 is 44.7 Å². The number of methoxy groups -OCH3 is 1. The van der Waals surface area contributed by atoms with E-state index in [1.807, 2.05) is 37.3 Å². The van der Waals surface area contributed by atoms with Crippen LogP contribution in [0, 0.1) is 6.92 Å². The molecule has 2 heterocycles. The quantitative estimate of drug-likeness (QED) is 0.466. The number of aryl methyl sites for hydroxylation is 1. The van der Waals surface area contributed by atoms with Crippen molar-refractivity contribution in [2.75, 3.05) is 12.4 Å². The third kappa shape index (κ3) is 3.00. The van der Waals surface area contributed by atoms with Crippen LogP contribution < -0.4 is 10.1 Å². The van der Waals surface area contributed by atoms with Gasteiger partial charge in [0.1, 0.15) is 22.7 Å². The first-order valence-electron chi connectivity index (χ1n) is 8.06. The summed E-state index contributed by atoms with van der Waals surface area (Å²) in [4.78, 5) is 9.84. The summed E-state index contributed by atoms with van der Waals surface area (Å²) in [5.41, 5.74) is 4.03. The lowest BCUT2D eigenvalue weighted by molar-refractivity contribution is 0.416. The number of hydrogen-bond donors (Lipinski definition) is 1. The van der Waals surface area contributed by atoms with E-state index in [0.29, 0.717) is 10.8 Å². The van der Waals surface area contributed by atoms with Crippen molar-refractivity contribution in [1.29, 1.82) is 0 Å². The molecule has 0 unspecified atom stereocenters. The van der Waals surface area contributed by atoms with Crippen molar-refractivity contribution in [3.05, 3.63) is 64.8 Å². The molecule has 0 atom stereocenters. The summed E-state index contributed by atoms with van der Waals surface area (Å²) in [5, 5.41) is 7.18. The minimum atomic E-state index is 0.667. The number of aromatic nitrogens is 2. The molecular weight excluding hydrogens is 366 g/mol. The number of hydrogen-bond acceptors (Lipinski definition) is 5. The van der Waals surface area contributed by atoms with Crippen LogP contribution in [0.4, 0.5) is 11.5 Å². The van der Waals surface area contributed by atoms with Crippen LogP contribution >= 0.6 is 22.9 Å². The Morgan fingerprint density at radius 3 is 2.69 bits per heavy atom. The van der Waals surface area contributed by atoms with Gasteiger partial charge in [0.05, 0.1) is 18.2 Å². The first-order valence-corrected chi connectivity index (χ1v) is 9.32. The second-order valence-corrected chi connectivity index (χ2v) is 7.11. The number of anilines is 2. The third-order valence-corrected chi connectivity index (χ3v) is 5.48. The molecule has 1 N–H and O–H groups in total. The molecule has 6 heteroatoms. The van der Waals surface area contributed by atoms with Gasteiger partial charge in [0.15, 0.2) is 0 Å². The van der Waals surface area contributed by atoms with Crippen molar-refractivity contribution < 1.29 is 4.74 Å². The number of thiophene rings is 1. The first kappa shape index (κ1) is 16.8. The highest BCUT2D eigenvalue weighted by molar-refractivity contribution is 7.17. The zero-order chi connectivity index (χ0) is 18.1. The Morgan fingerprint density at radius 1 is 1.12 bits per heavy atom. The summed E-state index contributed by atoms with van der Waals surface area (Å²) in [6.07, 6.45) is 1.57. The van der Waals surface area contributed by atoms with Crippen molar-refractivity contribution in [3.63, 3.8) is 0 Å². The lowest BCUT2D eigenvalue weighted by Crippen LogP contribution is -1.99. The first-order chi connectivity index (χ1) is 12.7. The van der Waals surface area contributed by atoms with E-state index in [-0.39, 0.29) is 0 Å². The molecule has 0 aliphatic rings. The maximum atomic E-state index is 6.22. The predicted octanol–water partition coefficient (Wildman–Crippen LogP) is 6.07. The van der Waals surface area contributed by atoms with Crippen molar-refractivity contribution in [2.45, 2.75) is 6.92 Å². The molecule has 0 fully saturated rings. The number of nitrogens with zero attached hydrogens (tertiary/aromatic N) is 2. The molecule has 4 aromatic rings. The molecular formula is C20H16ClN3OS. The second kappa shape index (κ2) is 6.94. The number of halogens is 1. The van der Waals surface area contributed by atoms with Gasteiger partial charge in [-0.2, -0.15) is 0 Å². The average Bonchev–Trinajstić information content (AvgIpc) is 3.10. The van der Waals surface area contributed by atoms with Crippen LogP contribution in [0.5, 0.6) is 5.75 Å². The van der Waals surface area contributed by atoms with E-state index in [0.717, 1.165) is 38.4 Å². The number of rotatable bonds is 4. The van der Waals surface area contributed by atoms with Gasteiger partial charge in [-0.25, -0.2) is 9.97 Å². The maximum Gasteiger partial charge on any atom is 0.143 e. The smallest absolute Gasteiger partial charge is 0.143 e. The van der Waals surface area contributed by atoms with Crippen LogP contribution in [-0.2, 0) is 0 Å². The number of fused-ring (bicyclic) bond motifs is 1. The molecule has 0 saturated heterocycles. The Labute approximate surface area is 160 Å². The predicted molar refractivity (Wildman–Crippen MR) is 109 cm³/mol. The number of nitrogens with one attached hydrogen (secondary N) is 1. The summed E-state index contributed by atoms with van der Waals surface area (Å²) >= 11 is 7.82. The molecule has 0 radical (unpaired) electrons. The van der Waals surface area contributed by atoms with Crippen molar-refractivity contribution in [2.24, 2.45) is 0 Å². The van der Waals surface area contributed by atoms with Crippen LogP contribution in [0.3, 0.4) is 0 Å². The van der Waals surface area contributed by atoms with Gasteiger partial charge in [-0.1, -0.05) is 41.9 Å². The highest BCUT2D eigenvalue weighted by atomic mass is 35.5. The fourth-order valence-electron chi connectivity index (χ4n) is 2.86. The Balaban J connectivity index is 1.86. The summed E-state index contributed by atoms with van der Waals surface area (Å²) in [7, 11) is 1.63. The number of benzene rings is 2. The van der Waals surface area contributed by atoms with Gasteiger partial charge in [0.2, 0.25) is 0 Å². The topological polar surface area (TPSA) is 47.0 Å². The van der Waals surface area contributed by atoms with Gasteiger partial charge < -0.3 is 10.1 Å². The fraction of sp³-hybridized carbons (Fsp3) is 0.100. The zero-order valence-electron chi connectivity index (χ0n) is 14.3. The molecule has 2 aromatic heterocycles. The molecule has 0 amide bonds.